The molecule has 1 aromatic carbocycles. The maximum Gasteiger partial charge on any atom is 0.227 e. The van der Waals surface area contributed by atoms with Crippen LogP contribution in [0.3, 0.4) is 0 Å². The maximum atomic E-state index is 13.5. The molecule has 2 aromatic rings. The smallest absolute Gasteiger partial charge is 0.227 e. The zero-order chi connectivity index (χ0) is 18.3. The second-order valence-corrected chi connectivity index (χ2v) is 7.52. The summed E-state index contributed by atoms with van der Waals surface area (Å²) < 4.78 is 18.7. The first kappa shape index (κ1) is 17.2. The molecule has 1 amide bonds. The predicted molar refractivity (Wildman–Crippen MR) is 94.7 cm³/mol. The molecule has 2 bridgehead atoms. The Labute approximate surface area is 152 Å². The Kier molecular flexibility index (Phi) is 4.53. The minimum atomic E-state index is -0.212. The van der Waals surface area contributed by atoms with Gasteiger partial charge in [0.25, 0.3) is 0 Å². The van der Waals surface area contributed by atoms with Gasteiger partial charge in [-0.05, 0) is 44.4 Å². The van der Waals surface area contributed by atoms with E-state index in [1.807, 2.05) is 24.8 Å². The molecule has 0 aliphatic carbocycles. The molecule has 3 aliphatic rings. The quantitative estimate of drug-likeness (QED) is 0.844. The summed E-state index contributed by atoms with van der Waals surface area (Å²) in [4.78, 5) is 17.3. The molecule has 3 saturated heterocycles. The molecule has 3 fully saturated rings. The molecule has 2 atom stereocenters. The highest BCUT2D eigenvalue weighted by Gasteiger charge is 2.41. The third-order valence-electron chi connectivity index (χ3n) is 5.67. The molecule has 0 radical (unpaired) electrons. The second kappa shape index (κ2) is 6.83. The van der Waals surface area contributed by atoms with Gasteiger partial charge in [0.1, 0.15) is 11.6 Å². The Bertz CT molecular complexity index is 800. The zero-order valence-corrected chi connectivity index (χ0v) is 15.2. The van der Waals surface area contributed by atoms with Crippen LogP contribution in [0.5, 0.6) is 0 Å². The number of carbonyl (C=O) groups is 1. The van der Waals surface area contributed by atoms with Crippen LogP contribution < -0.4 is 0 Å². The predicted octanol–water partition coefficient (Wildman–Crippen LogP) is 3.05. The first-order valence-corrected chi connectivity index (χ1v) is 9.20. The average Bonchev–Trinajstić information content (AvgIpc) is 2.76. The van der Waals surface area contributed by atoms with E-state index >= 15 is 0 Å². The van der Waals surface area contributed by atoms with E-state index in [1.165, 1.54) is 6.07 Å². The third-order valence-corrected chi connectivity index (χ3v) is 5.67. The molecule has 0 saturated carbocycles. The molecule has 0 N–H and O–H groups in total. The largest absolute Gasteiger partial charge is 0.361 e. The lowest BCUT2D eigenvalue weighted by Crippen LogP contribution is -2.47. The minimum Gasteiger partial charge on any atom is -0.361 e. The molecule has 26 heavy (non-hydrogen) atoms. The van der Waals surface area contributed by atoms with Gasteiger partial charge in [0.2, 0.25) is 5.91 Å². The molecular formula is C20H24FN3O2. The SMILES string of the molecule is Cc1noc(C)c1CN1C(=O)[C@H]2CC[C@@H]1CN(Cc1cccc(F)c1)C2. The van der Waals surface area contributed by atoms with Gasteiger partial charge in [-0.1, -0.05) is 17.3 Å². The molecule has 0 spiro atoms. The summed E-state index contributed by atoms with van der Waals surface area (Å²) in [7, 11) is 0. The maximum absolute atomic E-state index is 13.5. The fourth-order valence-electron chi connectivity index (χ4n) is 4.26. The van der Waals surface area contributed by atoms with Crippen molar-refractivity contribution in [2.45, 2.75) is 45.8 Å². The number of piperidine rings is 1. The van der Waals surface area contributed by atoms with Crippen molar-refractivity contribution in [1.82, 2.24) is 15.0 Å². The van der Waals surface area contributed by atoms with E-state index < -0.39 is 0 Å². The Morgan fingerprint density at radius 2 is 2.08 bits per heavy atom. The van der Waals surface area contributed by atoms with Gasteiger partial charge in [-0.15, -0.1) is 0 Å². The third kappa shape index (κ3) is 3.26. The number of nitrogens with zero attached hydrogens (tertiary/aromatic N) is 3. The van der Waals surface area contributed by atoms with Gasteiger partial charge in [0.15, 0.2) is 0 Å². The van der Waals surface area contributed by atoms with Crippen molar-refractivity contribution in [1.29, 1.82) is 0 Å². The lowest BCUT2D eigenvalue weighted by atomic mass is 9.93. The molecule has 4 heterocycles. The van der Waals surface area contributed by atoms with E-state index in [4.69, 9.17) is 4.52 Å². The molecule has 1 aromatic heterocycles. The molecule has 6 heteroatoms. The lowest BCUT2D eigenvalue weighted by Gasteiger charge is -2.36. The number of carbonyl (C=O) groups excluding carboxylic acids is 1. The average molecular weight is 357 g/mol. The Hall–Kier alpha value is -2.21. The van der Waals surface area contributed by atoms with Gasteiger partial charge in [-0.25, -0.2) is 4.39 Å². The molecule has 3 aliphatic heterocycles. The first-order chi connectivity index (χ1) is 12.5. The number of hydrogen-bond donors (Lipinski definition) is 0. The Balaban J connectivity index is 1.53. The summed E-state index contributed by atoms with van der Waals surface area (Å²) in [6, 6.07) is 6.91. The summed E-state index contributed by atoms with van der Waals surface area (Å²) in [6.07, 6.45) is 1.95. The Morgan fingerprint density at radius 3 is 2.81 bits per heavy atom. The van der Waals surface area contributed by atoms with Crippen LogP contribution >= 0.6 is 0 Å². The van der Waals surface area contributed by atoms with E-state index in [-0.39, 0.29) is 23.7 Å². The van der Waals surface area contributed by atoms with Gasteiger partial charge >= 0.3 is 0 Å². The molecule has 5 rings (SSSR count). The number of aryl methyl sites for hydroxylation is 2. The van der Waals surface area contributed by atoms with Gasteiger partial charge < -0.3 is 9.42 Å². The molecule has 0 unspecified atom stereocenters. The summed E-state index contributed by atoms with van der Waals surface area (Å²) in [5, 5.41) is 4.01. The van der Waals surface area contributed by atoms with Gasteiger partial charge in [-0.3, -0.25) is 9.69 Å². The normalized spacial score (nSPS) is 23.5. The van der Waals surface area contributed by atoms with Crippen LogP contribution in [0.4, 0.5) is 4.39 Å². The number of benzene rings is 1. The lowest BCUT2D eigenvalue weighted by molar-refractivity contribution is -0.140. The fourth-order valence-corrected chi connectivity index (χ4v) is 4.26. The fraction of sp³-hybridized carbons (Fsp3) is 0.500. The van der Waals surface area contributed by atoms with Gasteiger partial charge in [-0.2, -0.15) is 0 Å². The number of fused-ring (bicyclic) bond motifs is 4. The highest BCUT2D eigenvalue weighted by atomic mass is 19.1. The minimum absolute atomic E-state index is 0.0165. The second-order valence-electron chi connectivity index (χ2n) is 7.52. The van der Waals surface area contributed by atoms with Gasteiger partial charge in [0, 0.05) is 31.2 Å². The van der Waals surface area contributed by atoms with Crippen LogP contribution in [0.2, 0.25) is 0 Å². The summed E-state index contributed by atoms with van der Waals surface area (Å²) in [5.41, 5.74) is 2.82. The van der Waals surface area contributed by atoms with Crippen LogP contribution in [0.1, 0.15) is 35.4 Å². The van der Waals surface area contributed by atoms with Crippen LogP contribution in [-0.4, -0.2) is 40.0 Å². The zero-order valence-electron chi connectivity index (χ0n) is 15.2. The number of halogens is 1. The van der Waals surface area contributed by atoms with E-state index in [2.05, 4.69) is 10.1 Å². The first-order valence-electron chi connectivity index (χ1n) is 9.20. The highest BCUT2D eigenvalue weighted by molar-refractivity contribution is 5.80. The van der Waals surface area contributed by atoms with Crippen molar-refractivity contribution < 1.29 is 13.7 Å². The van der Waals surface area contributed by atoms with E-state index in [1.54, 1.807) is 12.1 Å². The van der Waals surface area contributed by atoms with E-state index in [0.29, 0.717) is 13.1 Å². The number of hydrogen-bond acceptors (Lipinski definition) is 4. The topological polar surface area (TPSA) is 49.6 Å². The van der Waals surface area contributed by atoms with E-state index in [9.17, 15) is 9.18 Å². The molecular weight excluding hydrogens is 333 g/mol. The van der Waals surface area contributed by atoms with Crippen molar-refractivity contribution in [2.24, 2.45) is 5.92 Å². The standard InChI is InChI=1S/C20H24FN3O2/c1-13-19(14(2)26-22-13)12-24-18-7-6-16(20(24)25)10-23(11-18)9-15-4-3-5-17(21)8-15/h3-5,8,16,18H,6-7,9-12H2,1-2H3/t16-,18+/m0/s1. The van der Waals surface area contributed by atoms with E-state index in [0.717, 1.165) is 48.5 Å². The summed E-state index contributed by atoms with van der Waals surface area (Å²) in [5.74, 6) is 0.814. The molecule has 5 nitrogen and oxygen atoms in total. The molecule has 138 valence electrons. The number of rotatable bonds is 4. The van der Waals surface area contributed by atoms with Gasteiger partial charge in [0.05, 0.1) is 18.2 Å². The number of aromatic nitrogens is 1. The van der Waals surface area contributed by atoms with Crippen LogP contribution in [0.15, 0.2) is 28.8 Å². The van der Waals surface area contributed by atoms with Crippen molar-refractivity contribution in [3.05, 3.63) is 52.7 Å². The monoisotopic (exact) mass is 357 g/mol. The summed E-state index contributed by atoms with van der Waals surface area (Å²) >= 11 is 0. The van der Waals surface area contributed by atoms with Crippen LogP contribution in [0, 0.1) is 25.6 Å². The van der Waals surface area contributed by atoms with Crippen LogP contribution in [0.25, 0.3) is 0 Å². The highest BCUT2D eigenvalue weighted by Crippen LogP contribution is 2.32. The van der Waals surface area contributed by atoms with Crippen molar-refractivity contribution in [3.8, 4) is 0 Å². The van der Waals surface area contributed by atoms with Crippen LogP contribution in [-0.2, 0) is 17.9 Å². The van der Waals surface area contributed by atoms with Crippen molar-refractivity contribution in [2.75, 3.05) is 13.1 Å². The number of amides is 1. The van der Waals surface area contributed by atoms with Crippen molar-refractivity contribution in [3.63, 3.8) is 0 Å². The summed E-state index contributed by atoms with van der Waals surface area (Å²) in [6.45, 7) is 6.62. The van der Waals surface area contributed by atoms with Crippen molar-refractivity contribution >= 4 is 5.91 Å². The Morgan fingerprint density at radius 1 is 1.23 bits per heavy atom.